The molecule has 0 atom stereocenters. The van der Waals surface area contributed by atoms with Gasteiger partial charge < -0.3 is 11.1 Å². The minimum Gasteiger partial charge on any atom is -0.382 e. The van der Waals surface area contributed by atoms with Gasteiger partial charge in [-0.2, -0.15) is 18.3 Å². The lowest BCUT2D eigenvalue weighted by Gasteiger charge is -2.11. The summed E-state index contributed by atoms with van der Waals surface area (Å²) in [7, 11) is 0. The number of amides is 1. The maximum Gasteiger partial charge on any atom is 0.390 e. The lowest BCUT2D eigenvalue weighted by molar-refractivity contribution is -0.131. The zero-order chi connectivity index (χ0) is 20.5. The SMILES string of the molecule is Cc1cc(-c2cnc3c(NCCC(F)(F)F)cc(C=O)nn23)ccc1C(N)=O. The van der Waals surface area contributed by atoms with Crippen LogP contribution in [0.2, 0.25) is 0 Å². The number of nitrogens with one attached hydrogen (secondary N) is 1. The number of anilines is 1. The molecule has 0 spiro atoms. The Bertz CT molecular complexity index is 1060. The Morgan fingerprint density at radius 3 is 2.68 bits per heavy atom. The molecule has 2 heterocycles. The lowest BCUT2D eigenvalue weighted by atomic mass is 10.0. The van der Waals surface area contributed by atoms with Crippen LogP contribution in [0.25, 0.3) is 16.9 Å². The van der Waals surface area contributed by atoms with Crippen molar-refractivity contribution in [2.45, 2.75) is 19.5 Å². The summed E-state index contributed by atoms with van der Waals surface area (Å²) in [5.74, 6) is -0.556. The van der Waals surface area contributed by atoms with Gasteiger partial charge in [-0.1, -0.05) is 6.07 Å². The van der Waals surface area contributed by atoms with E-state index in [0.29, 0.717) is 28.7 Å². The fraction of sp³-hybridized carbons (Fsp3) is 0.222. The van der Waals surface area contributed by atoms with Crippen LogP contribution in [-0.2, 0) is 0 Å². The number of fused-ring (bicyclic) bond motifs is 1. The van der Waals surface area contributed by atoms with Crippen molar-refractivity contribution in [1.82, 2.24) is 14.6 Å². The first kappa shape index (κ1) is 19.3. The maximum atomic E-state index is 12.4. The second kappa shape index (κ2) is 7.29. The number of carbonyl (C=O) groups is 2. The molecule has 0 aliphatic heterocycles. The molecule has 3 N–H and O–H groups in total. The lowest BCUT2D eigenvalue weighted by Crippen LogP contribution is -2.15. The zero-order valence-electron chi connectivity index (χ0n) is 14.7. The topological polar surface area (TPSA) is 102 Å². The summed E-state index contributed by atoms with van der Waals surface area (Å²) in [5.41, 5.74) is 8.07. The molecule has 0 bridgehead atoms. The maximum absolute atomic E-state index is 12.4. The summed E-state index contributed by atoms with van der Waals surface area (Å²) in [6, 6.07) is 6.29. The Kier molecular flexibility index (Phi) is 5.04. The summed E-state index contributed by atoms with van der Waals surface area (Å²) < 4.78 is 38.6. The van der Waals surface area contributed by atoms with Crippen LogP contribution in [0.1, 0.15) is 32.8 Å². The quantitative estimate of drug-likeness (QED) is 0.629. The Morgan fingerprint density at radius 1 is 1.32 bits per heavy atom. The van der Waals surface area contributed by atoms with E-state index < -0.39 is 18.5 Å². The summed E-state index contributed by atoms with van der Waals surface area (Å²) in [6.45, 7) is 1.36. The standard InChI is InChI=1S/C18H16F3N5O2/c1-10-6-11(2-3-13(10)16(22)28)15-8-24-17-14(23-5-4-18(19,20)21)7-12(9-27)25-26(15)17/h2-3,6-9,23H,4-5H2,1H3,(H2,22,28). The summed E-state index contributed by atoms with van der Waals surface area (Å²) in [5, 5.41) is 6.82. The number of aryl methyl sites for hydroxylation is 1. The molecule has 2 aromatic heterocycles. The molecule has 0 saturated carbocycles. The first-order valence-electron chi connectivity index (χ1n) is 8.25. The van der Waals surface area contributed by atoms with Gasteiger partial charge in [-0.15, -0.1) is 0 Å². The zero-order valence-corrected chi connectivity index (χ0v) is 14.7. The molecule has 0 saturated heterocycles. The van der Waals surface area contributed by atoms with Crippen molar-refractivity contribution in [3.63, 3.8) is 0 Å². The Hall–Kier alpha value is -3.43. The van der Waals surface area contributed by atoms with E-state index in [0.717, 1.165) is 0 Å². The molecule has 0 fully saturated rings. The summed E-state index contributed by atoms with van der Waals surface area (Å²) in [6.07, 6.45) is -3.34. The second-order valence-electron chi connectivity index (χ2n) is 6.17. The fourth-order valence-corrected chi connectivity index (χ4v) is 2.81. The van der Waals surface area contributed by atoms with Crippen LogP contribution in [0.3, 0.4) is 0 Å². The number of nitrogens with two attached hydrogens (primary N) is 1. The highest BCUT2D eigenvalue weighted by molar-refractivity contribution is 5.95. The number of benzene rings is 1. The van der Waals surface area contributed by atoms with Crippen molar-refractivity contribution in [3.05, 3.63) is 47.3 Å². The van der Waals surface area contributed by atoms with Crippen molar-refractivity contribution in [3.8, 4) is 11.3 Å². The average Bonchev–Trinajstić information content (AvgIpc) is 3.04. The number of hydrogen-bond donors (Lipinski definition) is 2. The van der Waals surface area contributed by atoms with Crippen LogP contribution in [0.5, 0.6) is 0 Å². The molecule has 7 nitrogen and oxygen atoms in total. The van der Waals surface area contributed by atoms with Gasteiger partial charge >= 0.3 is 6.18 Å². The van der Waals surface area contributed by atoms with Crippen LogP contribution in [-0.4, -0.2) is 39.5 Å². The number of hydrogen-bond acceptors (Lipinski definition) is 5. The molecule has 0 aliphatic rings. The number of rotatable bonds is 6. The number of halogens is 3. The number of alkyl halides is 3. The van der Waals surface area contributed by atoms with E-state index in [2.05, 4.69) is 15.4 Å². The molecular formula is C18H16F3N5O2. The van der Waals surface area contributed by atoms with Gasteiger partial charge in [0.15, 0.2) is 11.9 Å². The fourth-order valence-electron chi connectivity index (χ4n) is 2.81. The number of aldehydes is 1. The molecule has 28 heavy (non-hydrogen) atoms. The van der Waals surface area contributed by atoms with Crippen LogP contribution in [0.15, 0.2) is 30.5 Å². The second-order valence-corrected chi connectivity index (χ2v) is 6.17. The third-order valence-corrected chi connectivity index (χ3v) is 4.12. The number of imidazole rings is 1. The predicted octanol–water partition coefficient (Wildman–Crippen LogP) is 2.98. The number of carbonyl (C=O) groups excluding carboxylic acids is 2. The van der Waals surface area contributed by atoms with E-state index in [4.69, 9.17) is 5.73 Å². The molecule has 0 radical (unpaired) electrons. The van der Waals surface area contributed by atoms with Crippen LogP contribution in [0, 0.1) is 6.92 Å². The van der Waals surface area contributed by atoms with E-state index in [1.165, 1.54) is 16.8 Å². The van der Waals surface area contributed by atoms with Crippen molar-refractivity contribution in [2.24, 2.45) is 5.73 Å². The van der Waals surface area contributed by atoms with Gasteiger partial charge in [0.1, 0.15) is 5.69 Å². The van der Waals surface area contributed by atoms with Crippen LogP contribution >= 0.6 is 0 Å². The molecule has 146 valence electrons. The van der Waals surface area contributed by atoms with Crippen molar-refractivity contribution < 1.29 is 22.8 Å². The van der Waals surface area contributed by atoms with E-state index >= 15 is 0 Å². The van der Waals surface area contributed by atoms with Gasteiger partial charge in [0.2, 0.25) is 5.91 Å². The normalized spacial score (nSPS) is 11.6. The van der Waals surface area contributed by atoms with E-state index in [9.17, 15) is 22.8 Å². The molecule has 3 rings (SSSR count). The summed E-state index contributed by atoms with van der Waals surface area (Å²) in [4.78, 5) is 26.8. The largest absolute Gasteiger partial charge is 0.390 e. The summed E-state index contributed by atoms with van der Waals surface area (Å²) >= 11 is 0. The molecule has 0 unspecified atom stereocenters. The highest BCUT2D eigenvalue weighted by Gasteiger charge is 2.26. The molecule has 10 heteroatoms. The van der Waals surface area contributed by atoms with Crippen molar-refractivity contribution in [1.29, 1.82) is 0 Å². The smallest absolute Gasteiger partial charge is 0.382 e. The van der Waals surface area contributed by atoms with E-state index in [-0.39, 0.29) is 23.6 Å². The highest BCUT2D eigenvalue weighted by Crippen LogP contribution is 2.27. The first-order chi connectivity index (χ1) is 13.2. The third kappa shape index (κ3) is 3.95. The number of primary amides is 1. The average molecular weight is 391 g/mol. The highest BCUT2D eigenvalue weighted by atomic mass is 19.4. The number of aromatic nitrogens is 3. The van der Waals surface area contributed by atoms with Crippen molar-refractivity contribution in [2.75, 3.05) is 11.9 Å². The Morgan fingerprint density at radius 2 is 2.07 bits per heavy atom. The van der Waals surface area contributed by atoms with Crippen LogP contribution in [0.4, 0.5) is 18.9 Å². The molecule has 1 amide bonds. The van der Waals surface area contributed by atoms with Gasteiger partial charge in [0.25, 0.3) is 0 Å². The van der Waals surface area contributed by atoms with Gasteiger partial charge in [-0.3, -0.25) is 9.59 Å². The monoisotopic (exact) mass is 391 g/mol. The Balaban J connectivity index is 2.04. The molecule has 3 aromatic rings. The van der Waals surface area contributed by atoms with E-state index in [1.807, 2.05) is 0 Å². The minimum absolute atomic E-state index is 0.0340. The molecule has 0 aliphatic carbocycles. The van der Waals surface area contributed by atoms with Gasteiger partial charge in [0, 0.05) is 17.7 Å². The van der Waals surface area contributed by atoms with Gasteiger partial charge in [-0.05, 0) is 30.7 Å². The third-order valence-electron chi connectivity index (χ3n) is 4.12. The van der Waals surface area contributed by atoms with Crippen molar-refractivity contribution >= 4 is 23.5 Å². The van der Waals surface area contributed by atoms with Gasteiger partial charge in [-0.25, -0.2) is 9.50 Å². The van der Waals surface area contributed by atoms with E-state index in [1.54, 1.807) is 25.1 Å². The molecule has 1 aromatic carbocycles. The van der Waals surface area contributed by atoms with Gasteiger partial charge in [0.05, 0.1) is 24.0 Å². The predicted molar refractivity (Wildman–Crippen MR) is 96.2 cm³/mol. The Labute approximate surface area is 157 Å². The number of nitrogens with zero attached hydrogens (tertiary/aromatic N) is 3. The van der Waals surface area contributed by atoms with Crippen LogP contribution < -0.4 is 11.1 Å². The first-order valence-corrected chi connectivity index (χ1v) is 8.25. The molecular weight excluding hydrogens is 375 g/mol. The minimum atomic E-state index is -4.30.